The van der Waals surface area contributed by atoms with Crippen LogP contribution in [-0.2, 0) is 14.3 Å². The van der Waals surface area contributed by atoms with Gasteiger partial charge in [-0.3, -0.25) is 14.6 Å². The molecule has 1 aromatic rings. The van der Waals surface area contributed by atoms with E-state index in [9.17, 15) is 14.4 Å². The number of amides is 3. The number of benzene rings is 1. The number of hydrogen-bond donors (Lipinski definition) is 1. The van der Waals surface area contributed by atoms with E-state index >= 15 is 0 Å². The summed E-state index contributed by atoms with van der Waals surface area (Å²) in [6.45, 7) is 9.36. The SMILES string of the molecule is CCOC(=O)C1=C(CN2CCCN(C(=O)CC)CC2)N(CC)C(=O)NC1c1ccccc1OC. The van der Waals surface area contributed by atoms with Gasteiger partial charge in [0.15, 0.2) is 0 Å². The Bertz CT molecular complexity index is 932. The zero-order valence-corrected chi connectivity index (χ0v) is 20.6. The maximum atomic E-state index is 13.3. The number of para-hydroxylation sites is 1. The molecule has 1 atom stereocenters. The summed E-state index contributed by atoms with van der Waals surface area (Å²) < 4.78 is 11.0. The summed E-state index contributed by atoms with van der Waals surface area (Å²) in [7, 11) is 1.57. The first-order valence-corrected chi connectivity index (χ1v) is 12.1. The van der Waals surface area contributed by atoms with Gasteiger partial charge in [0.25, 0.3) is 0 Å². The Hall–Kier alpha value is -3.07. The van der Waals surface area contributed by atoms with Crippen LogP contribution in [-0.4, -0.2) is 85.6 Å². The molecule has 2 aliphatic heterocycles. The minimum atomic E-state index is -0.689. The second kappa shape index (κ2) is 11.9. The topological polar surface area (TPSA) is 91.4 Å². The van der Waals surface area contributed by atoms with E-state index < -0.39 is 12.0 Å². The van der Waals surface area contributed by atoms with Gasteiger partial charge in [-0.15, -0.1) is 0 Å². The van der Waals surface area contributed by atoms with Crippen LogP contribution in [0.2, 0.25) is 0 Å². The van der Waals surface area contributed by atoms with Crippen molar-refractivity contribution >= 4 is 17.9 Å². The van der Waals surface area contributed by atoms with Gasteiger partial charge in [0.1, 0.15) is 5.75 Å². The number of hydrogen-bond acceptors (Lipinski definition) is 6. The summed E-state index contributed by atoms with van der Waals surface area (Å²) in [5, 5.41) is 2.98. The van der Waals surface area contributed by atoms with Crippen molar-refractivity contribution in [1.29, 1.82) is 0 Å². The third-order valence-corrected chi connectivity index (χ3v) is 6.32. The van der Waals surface area contributed by atoms with Crippen LogP contribution in [0, 0.1) is 0 Å². The molecule has 2 aliphatic rings. The monoisotopic (exact) mass is 472 g/mol. The lowest BCUT2D eigenvalue weighted by Gasteiger charge is -2.38. The van der Waals surface area contributed by atoms with E-state index in [1.54, 1.807) is 18.9 Å². The van der Waals surface area contributed by atoms with E-state index in [1.807, 2.05) is 43.0 Å². The predicted molar refractivity (Wildman–Crippen MR) is 128 cm³/mol. The average Bonchev–Trinajstić information content (AvgIpc) is 3.09. The fraction of sp³-hybridized carbons (Fsp3) is 0.560. The van der Waals surface area contributed by atoms with Crippen molar-refractivity contribution < 1.29 is 23.9 Å². The molecule has 0 bridgehead atoms. The van der Waals surface area contributed by atoms with Crippen LogP contribution in [0.15, 0.2) is 35.5 Å². The van der Waals surface area contributed by atoms with Gasteiger partial charge in [-0.1, -0.05) is 25.1 Å². The molecular formula is C25H36N4O5. The van der Waals surface area contributed by atoms with Crippen LogP contribution in [0.5, 0.6) is 5.75 Å². The molecule has 1 saturated heterocycles. The van der Waals surface area contributed by atoms with Crippen molar-refractivity contribution in [3.05, 3.63) is 41.1 Å². The van der Waals surface area contributed by atoms with Crippen molar-refractivity contribution in [3.8, 4) is 5.75 Å². The molecule has 0 radical (unpaired) electrons. The summed E-state index contributed by atoms with van der Waals surface area (Å²) >= 11 is 0. The Balaban J connectivity index is 2.02. The number of likely N-dealkylation sites (N-methyl/N-ethyl adjacent to an activating group) is 1. The number of carbonyl (C=O) groups excluding carboxylic acids is 3. The predicted octanol–water partition coefficient (Wildman–Crippen LogP) is 2.54. The molecule has 0 spiro atoms. The maximum absolute atomic E-state index is 13.3. The van der Waals surface area contributed by atoms with Gasteiger partial charge in [0, 0.05) is 56.9 Å². The van der Waals surface area contributed by atoms with Gasteiger partial charge >= 0.3 is 12.0 Å². The van der Waals surface area contributed by atoms with Crippen molar-refractivity contribution in [1.82, 2.24) is 20.0 Å². The number of esters is 1. The van der Waals surface area contributed by atoms with Crippen LogP contribution < -0.4 is 10.1 Å². The van der Waals surface area contributed by atoms with E-state index in [-0.39, 0.29) is 18.5 Å². The molecule has 9 heteroatoms. The lowest BCUT2D eigenvalue weighted by atomic mass is 9.93. The molecule has 0 aliphatic carbocycles. The molecule has 186 valence electrons. The lowest BCUT2D eigenvalue weighted by molar-refractivity contribution is -0.139. The molecule has 34 heavy (non-hydrogen) atoms. The molecule has 3 rings (SSSR count). The van der Waals surface area contributed by atoms with Gasteiger partial charge in [-0.05, 0) is 26.3 Å². The van der Waals surface area contributed by atoms with Gasteiger partial charge in [0.2, 0.25) is 5.91 Å². The van der Waals surface area contributed by atoms with Gasteiger partial charge in [0.05, 0.1) is 25.3 Å². The molecule has 3 amide bonds. The Morgan fingerprint density at radius 1 is 1.09 bits per heavy atom. The van der Waals surface area contributed by atoms with E-state index in [2.05, 4.69) is 10.2 Å². The highest BCUT2D eigenvalue weighted by molar-refractivity contribution is 5.95. The van der Waals surface area contributed by atoms with Crippen molar-refractivity contribution in [2.45, 2.75) is 39.7 Å². The molecule has 0 aromatic heterocycles. The Morgan fingerprint density at radius 2 is 1.85 bits per heavy atom. The molecule has 1 N–H and O–H groups in total. The number of nitrogens with one attached hydrogen (secondary N) is 1. The first-order valence-electron chi connectivity index (χ1n) is 12.1. The second-order valence-electron chi connectivity index (χ2n) is 8.31. The van der Waals surface area contributed by atoms with Crippen molar-refractivity contribution in [2.75, 3.05) is 53.0 Å². The number of rotatable bonds is 8. The smallest absolute Gasteiger partial charge is 0.338 e. The van der Waals surface area contributed by atoms with Gasteiger partial charge < -0.3 is 19.7 Å². The van der Waals surface area contributed by atoms with Gasteiger partial charge in [-0.2, -0.15) is 0 Å². The minimum absolute atomic E-state index is 0.150. The third-order valence-electron chi connectivity index (χ3n) is 6.32. The number of carbonyl (C=O) groups is 3. The lowest BCUT2D eigenvalue weighted by Crippen LogP contribution is -2.51. The summed E-state index contributed by atoms with van der Waals surface area (Å²) in [5.74, 6) is 0.281. The first kappa shape index (κ1) is 25.6. The number of urea groups is 1. The van der Waals surface area contributed by atoms with E-state index in [0.29, 0.717) is 55.2 Å². The highest BCUT2D eigenvalue weighted by Crippen LogP contribution is 2.36. The Morgan fingerprint density at radius 3 is 2.53 bits per heavy atom. The van der Waals surface area contributed by atoms with Crippen LogP contribution in [0.1, 0.15) is 45.2 Å². The van der Waals surface area contributed by atoms with Crippen molar-refractivity contribution in [3.63, 3.8) is 0 Å². The second-order valence-corrected chi connectivity index (χ2v) is 8.31. The van der Waals surface area contributed by atoms with Gasteiger partial charge in [-0.25, -0.2) is 9.59 Å². The summed E-state index contributed by atoms with van der Waals surface area (Å²) in [4.78, 5) is 44.3. The fourth-order valence-electron chi connectivity index (χ4n) is 4.61. The largest absolute Gasteiger partial charge is 0.496 e. The average molecular weight is 473 g/mol. The first-order chi connectivity index (χ1) is 16.4. The van der Waals surface area contributed by atoms with Crippen LogP contribution in [0.3, 0.4) is 0 Å². The Kier molecular flexibility index (Phi) is 8.92. The number of nitrogens with zero attached hydrogens (tertiary/aromatic N) is 3. The van der Waals surface area contributed by atoms with E-state index in [4.69, 9.17) is 9.47 Å². The Labute approximate surface area is 201 Å². The van der Waals surface area contributed by atoms with E-state index in [0.717, 1.165) is 19.5 Å². The minimum Gasteiger partial charge on any atom is -0.496 e. The zero-order valence-electron chi connectivity index (χ0n) is 20.6. The van der Waals surface area contributed by atoms with Crippen LogP contribution in [0.4, 0.5) is 4.79 Å². The summed E-state index contributed by atoms with van der Waals surface area (Å²) in [5.41, 5.74) is 1.75. The zero-order chi connectivity index (χ0) is 24.7. The summed E-state index contributed by atoms with van der Waals surface area (Å²) in [6.07, 6.45) is 1.32. The third kappa shape index (κ3) is 5.52. The number of methoxy groups -OCH3 is 1. The molecule has 0 saturated carbocycles. The molecule has 1 unspecified atom stereocenters. The summed E-state index contributed by atoms with van der Waals surface area (Å²) in [6, 6.07) is 6.41. The van der Waals surface area contributed by atoms with E-state index in [1.165, 1.54) is 0 Å². The van der Waals surface area contributed by atoms with Crippen LogP contribution >= 0.6 is 0 Å². The molecule has 1 fully saturated rings. The molecular weight excluding hydrogens is 436 g/mol. The van der Waals surface area contributed by atoms with Crippen LogP contribution in [0.25, 0.3) is 0 Å². The fourth-order valence-corrected chi connectivity index (χ4v) is 4.61. The quantitative estimate of drug-likeness (QED) is 0.585. The maximum Gasteiger partial charge on any atom is 0.338 e. The molecule has 9 nitrogen and oxygen atoms in total. The molecule has 2 heterocycles. The number of ether oxygens (including phenoxy) is 2. The highest BCUT2D eigenvalue weighted by atomic mass is 16.5. The standard InChI is InChI=1S/C25H36N4O5/c1-5-21(30)28-14-10-13-27(15-16-28)17-19-22(24(31)34-7-3)23(26-25(32)29(19)6-2)18-11-8-9-12-20(18)33-4/h8-9,11-12,23H,5-7,10,13-17H2,1-4H3,(H,26,32). The van der Waals surface area contributed by atoms with Crippen molar-refractivity contribution in [2.24, 2.45) is 0 Å². The molecule has 1 aromatic carbocycles. The normalized spacial score (nSPS) is 19.5. The highest BCUT2D eigenvalue weighted by Gasteiger charge is 2.39.